The van der Waals surface area contributed by atoms with E-state index in [-0.39, 0.29) is 0 Å². The third-order valence-corrected chi connectivity index (χ3v) is 8.10. The highest BCUT2D eigenvalue weighted by atomic mass is 15.0. The summed E-state index contributed by atoms with van der Waals surface area (Å²) in [6, 6.07) is 21.4. The van der Waals surface area contributed by atoms with Crippen LogP contribution in [0.4, 0.5) is 0 Å². The second-order valence-electron chi connectivity index (χ2n) is 11.6. The van der Waals surface area contributed by atoms with Crippen LogP contribution in [0.5, 0.6) is 0 Å². The highest BCUT2D eigenvalue weighted by molar-refractivity contribution is 6.10. The van der Waals surface area contributed by atoms with Gasteiger partial charge < -0.3 is 4.57 Å². The summed E-state index contributed by atoms with van der Waals surface area (Å²) in [6.45, 7) is 18.1. The van der Waals surface area contributed by atoms with Crippen LogP contribution in [0.2, 0.25) is 0 Å². The third kappa shape index (κ3) is 3.82. The van der Waals surface area contributed by atoms with E-state index in [4.69, 9.17) is 1.37 Å². The molecule has 2 heterocycles. The van der Waals surface area contributed by atoms with Gasteiger partial charge in [0, 0.05) is 35.3 Å². The summed E-state index contributed by atoms with van der Waals surface area (Å²) in [4.78, 5) is 0. The van der Waals surface area contributed by atoms with Crippen LogP contribution in [0.25, 0.3) is 43.8 Å². The average Bonchev–Trinajstić information content (AvgIpc) is 3.16. The Balaban J connectivity index is 1.85. The number of nitrogens with zero attached hydrogens (tertiary/aromatic N) is 2. The molecule has 3 aromatic carbocycles. The van der Waals surface area contributed by atoms with E-state index in [0.717, 1.165) is 16.5 Å². The number of pyridine rings is 1. The van der Waals surface area contributed by atoms with Gasteiger partial charge in [0.15, 0.2) is 5.69 Å². The van der Waals surface area contributed by atoms with Crippen molar-refractivity contribution < 1.29 is 5.94 Å². The van der Waals surface area contributed by atoms with E-state index in [1.807, 2.05) is 0 Å². The molecule has 0 radical (unpaired) electrons. The van der Waals surface area contributed by atoms with E-state index in [9.17, 15) is 0 Å². The Morgan fingerprint density at radius 2 is 1.47 bits per heavy atom. The first kappa shape index (κ1) is 23.3. The second kappa shape index (κ2) is 9.07. The van der Waals surface area contributed by atoms with E-state index in [2.05, 4.69) is 126 Å². The summed E-state index contributed by atoms with van der Waals surface area (Å²) < 4.78 is 13.8. The second-order valence-corrected chi connectivity index (χ2v) is 11.6. The lowest BCUT2D eigenvalue weighted by Gasteiger charge is -2.25. The maximum Gasteiger partial charge on any atom is 0.220 e. The number of aryl methyl sites for hydroxylation is 1. The van der Waals surface area contributed by atoms with Crippen molar-refractivity contribution >= 4 is 32.6 Å². The van der Waals surface area contributed by atoms with E-state index < -0.39 is 0 Å². The van der Waals surface area contributed by atoms with Crippen LogP contribution in [-0.4, -0.2) is 4.57 Å². The highest BCUT2D eigenvalue weighted by Gasteiger charge is 2.25. The molecule has 0 saturated carbocycles. The number of benzene rings is 3. The van der Waals surface area contributed by atoms with E-state index in [1.165, 1.54) is 44.2 Å². The lowest BCUT2D eigenvalue weighted by atomic mass is 9.79. The first-order chi connectivity index (χ1) is 17.5. The molecule has 186 valence electrons. The van der Waals surface area contributed by atoms with E-state index >= 15 is 0 Å². The minimum absolute atomic E-state index is 0.354. The molecule has 2 aromatic heterocycles. The Kier molecular flexibility index (Phi) is 5.86. The molecule has 0 unspecified atom stereocenters. The molecule has 0 amide bonds. The molecular weight excluding hydrogens is 436 g/mol. The predicted molar refractivity (Wildman–Crippen MR) is 156 cm³/mol. The molecule has 2 heteroatoms. The SMILES string of the molecule is [2H]c1c(C)[n+](C)c(-c2cc3c(cc2C)c2ccccc2n3C(C)C)c2ccc(C(C(C)C)C(C)C)cc12. The summed E-state index contributed by atoms with van der Waals surface area (Å²) in [5, 5.41) is 4.83. The number of hydrogen-bond donors (Lipinski definition) is 0. The third-order valence-electron chi connectivity index (χ3n) is 8.10. The molecule has 0 aliphatic heterocycles. The van der Waals surface area contributed by atoms with Gasteiger partial charge in [-0.3, -0.25) is 0 Å². The van der Waals surface area contributed by atoms with Gasteiger partial charge in [-0.15, -0.1) is 0 Å². The van der Waals surface area contributed by atoms with Crippen molar-refractivity contribution in [3.05, 3.63) is 77.5 Å². The normalized spacial score (nSPS) is 12.9. The molecule has 0 atom stereocenters. The first-order valence-electron chi connectivity index (χ1n) is 14.0. The van der Waals surface area contributed by atoms with Gasteiger partial charge in [-0.05, 0) is 79.3 Å². The monoisotopic (exact) mass is 478 g/mol. The zero-order valence-electron chi connectivity index (χ0n) is 24.4. The molecule has 0 spiro atoms. The van der Waals surface area contributed by atoms with Crippen LogP contribution in [0.15, 0.2) is 60.6 Å². The van der Waals surface area contributed by atoms with Crippen molar-refractivity contribution in [3.63, 3.8) is 0 Å². The minimum atomic E-state index is 0.354. The van der Waals surface area contributed by atoms with E-state index in [0.29, 0.717) is 29.8 Å². The fourth-order valence-corrected chi connectivity index (χ4v) is 6.54. The lowest BCUT2D eigenvalue weighted by Crippen LogP contribution is -2.35. The number of fused-ring (bicyclic) bond motifs is 4. The zero-order chi connectivity index (χ0) is 26.8. The smallest absolute Gasteiger partial charge is 0.220 e. The van der Waals surface area contributed by atoms with Gasteiger partial charge in [-0.25, -0.2) is 0 Å². The number of aromatic nitrogens is 2. The molecular formula is C34H41N2+. The summed E-state index contributed by atoms with van der Waals surface area (Å²) in [7, 11) is 2.11. The van der Waals surface area contributed by atoms with Crippen molar-refractivity contribution in [3.8, 4) is 11.3 Å². The Labute approximate surface area is 218 Å². The van der Waals surface area contributed by atoms with Gasteiger partial charge in [0.05, 0.1) is 17.8 Å². The van der Waals surface area contributed by atoms with Gasteiger partial charge >= 0.3 is 0 Å². The van der Waals surface area contributed by atoms with Gasteiger partial charge in [0.2, 0.25) is 5.69 Å². The van der Waals surface area contributed by atoms with Crippen molar-refractivity contribution in [2.24, 2.45) is 18.9 Å². The predicted octanol–water partition coefficient (Wildman–Crippen LogP) is 9.03. The lowest BCUT2D eigenvalue weighted by molar-refractivity contribution is -0.665. The van der Waals surface area contributed by atoms with Crippen molar-refractivity contribution in [1.29, 1.82) is 0 Å². The van der Waals surface area contributed by atoms with Crippen LogP contribution >= 0.6 is 0 Å². The average molecular weight is 479 g/mol. The summed E-state index contributed by atoms with van der Waals surface area (Å²) in [5.74, 6) is 1.57. The van der Waals surface area contributed by atoms with Crippen LogP contribution < -0.4 is 4.57 Å². The molecule has 0 fully saturated rings. The number of hydrogen-bond acceptors (Lipinski definition) is 0. The molecule has 5 aromatic rings. The molecule has 0 aliphatic rings. The molecule has 0 saturated heterocycles. The summed E-state index contributed by atoms with van der Waals surface area (Å²) in [5.41, 5.74) is 8.60. The molecule has 2 nitrogen and oxygen atoms in total. The Bertz CT molecular complexity index is 1640. The van der Waals surface area contributed by atoms with Crippen LogP contribution in [0.3, 0.4) is 0 Å². The van der Waals surface area contributed by atoms with Gasteiger partial charge in [0.1, 0.15) is 7.05 Å². The Morgan fingerprint density at radius 1 is 0.778 bits per heavy atom. The molecule has 0 bridgehead atoms. The van der Waals surface area contributed by atoms with E-state index in [1.54, 1.807) is 0 Å². The molecule has 0 aliphatic carbocycles. The standard InChI is InChI=1S/C34H41N2/c1-20(2)33(21(3)4)25-14-15-27-26(18-25)17-24(8)35(9)34(27)29-19-32-30(16-23(29)7)28-12-10-11-13-31(28)36(32)22(5)6/h10-22,33H,1-9H3/q+1/i17D. The topological polar surface area (TPSA) is 8.81 Å². The zero-order valence-corrected chi connectivity index (χ0v) is 23.4. The van der Waals surface area contributed by atoms with Crippen molar-refractivity contribution in [2.45, 2.75) is 67.3 Å². The quantitative estimate of drug-likeness (QED) is 0.223. The summed E-state index contributed by atoms with van der Waals surface area (Å²) >= 11 is 0. The van der Waals surface area contributed by atoms with Crippen molar-refractivity contribution in [2.75, 3.05) is 0 Å². The maximum atomic E-state index is 9.06. The van der Waals surface area contributed by atoms with Gasteiger partial charge in [-0.2, -0.15) is 4.57 Å². The highest BCUT2D eigenvalue weighted by Crippen LogP contribution is 2.39. The number of rotatable bonds is 5. The largest absolute Gasteiger partial charge is 0.338 e. The minimum Gasteiger partial charge on any atom is -0.338 e. The van der Waals surface area contributed by atoms with Crippen LogP contribution in [0.1, 0.15) is 71.7 Å². The molecule has 36 heavy (non-hydrogen) atoms. The summed E-state index contributed by atoms with van der Waals surface area (Å²) in [6.07, 6.45) is 0. The fourth-order valence-electron chi connectivity index (χ4n) is 6.54. The number of para-hydroxylation sites is 1. The Hall–Kier alpha value is -3.13. The Morgan fingerprint density at radius 3 is 2.14 bits per heavy atom. The first-order valence-corrected chi connectivity index (χ1v) is 13.5. The maximum absolute atomic E-state index is 9.06. The van der Waals surface area contributed by atoms with Crippen LogP contribution in [0, 0.1) is 25.7 Å². The molecule has 0 N–H and O–H groups in total. The van der Waals surface area contributed by atoms with Gasteiger partial charge in [-0.1, -0.05) is 58.0 Å². The van der Waals surface area contributed by atoms with Crippen molar-refractivity contribution in [1.82, 2.24) is 4.57 Å². The van der Waals surface area contributed by atoms with Gasteiger partial charge in [0.25, 0.3) is 0 Å². The fraction of sp³-hybridized carbons (Fsp3) is 0.382. The molecule has 5 rings (SSSR count). The van der Waals surface area contributed by atoms with Crippen LogP contribution in [-0.2, 0) is 7.05 Å².